The first-order valence-electron chi connectivity index (χ1n) is 9.81. The van der Waals surface area contributed by atoms with E-state index >= 15 is 0 Å². The first-order chi connectivity index (χ1) is 14.6. The number of carbonyl (C=O) groups is 2. The fourth-order valence-corrected chi connectivity index (χ4v) is 3.86. The van der Waals surface area contributed by atoms with Gasteiger partial charge in [-0.2, -0.15) is 0 Å². The molecule has 7 heteroatoms. The van der Waals surface area contributed by atoms with Gasteiger partial charge in [-0.3, -0.25) is 9.59 Å². The number of hydrogen-bond donors (Lipinski definition) is 1. The number of nitrogens with one attached hydrogen (secondary N) is 1. The fourth-order valence-electron chi connectivity index (χ4n) is 3.06. The van der Waals surface area contributed by atoms with Gasteiger partial charge in [-0.25, -0.2) is 4.98 Å². The number of aromatic nitrogens is 1. The molecule has 0 atom stereocenters. The molecule has 6 nitrogen and oxygen atoms in total. The van der Waals surface area contributed by atoms with Gasteiger partial charge in [0.2, 0.25) is 5.91 Å². The number of amides is 2. The molecule has 30 heavy (non-hydrogen) atoms. The molecule has 0 unspecified atom stereocenters. The SMILES string of the molecule is CCCN(CC(=O)Nc1ccccc1OC)C(=O)c1csc(Cc2ccccc2)n1. The number of nitrogens with zero attached hydrogens (tertiary/aromatic N) is 2. The molecule has 0 saturated heterocycles. The summed E-state index contributed by atoms with van der Waals surface area (Å²) in [4.78, 5) is 31.6. The molecule has 3 rings (SSSR count). The lowest BCUT2D eigenvalue weighted by Crippen LogP contribution is -2.38. The molecule has 1 aromatic heterocycles. The number of rotatable bonds is 9. The summed E-state index contributed by atoms with van der Waals surface area (Å²) in [6.45, 7) is 2.40. The van der Waals surface area contributed by atoms with Crippen LogP contribution in [-0.2, 0) is 11.2 Å². The van der Waals surface area contributed by atoms with Crippen LogP contribution in [0.1, 0.15) is 34.4 Å². The van der Waals surface area contributed by atoms with Crippen molar-refractivity contribution in [3.63, 3.8) is 0 Å². The fraction of sp³-hybridized carbons (Fsp3) is 0.261. The third-order valence-corrected chi connectivity index (χ3v) is 5.31. The molecule has 2 amide bonds. The number of benzene rings is 2. The number of hydrogen-bond acceptors (Lipinski definition) is 5. The van der Waals surface area contributed by atoms with E-state index in [1.165, 1.54) is 16.2 Å². The van der Waals surface area contributed by atoms with Gasteiger partial charge in [0.05, 0.1) is 17.8 Å². The van der Waals surface area contributed by atoms with Crippen molar-refractivity contribution in [1.29, 1.82) is 0 Å². The smallest absolute Gasteiger partial charge is 0.273 e. The van der Waals surface area contributed by atoms with Crippen molar-refractivity contribution in [2.45, 2.75) is 19.8 Å². The molecule has 0 aliphatic heterocycles. The topological polar surface area (TPSA) is 71.5 Å². The molecule has 1 N–H and O–H groups in total. The van der Waals surface area contributed by atoms with Gasteiger partial charge in [-0.15, -0.1) is 11.3 Å². The van der Waals surface area contributed by atoms with Gasteiger partial charge in [-0.05, 0) is 24.1 Å². The van der Waals surface area contributed by atoms with Crippen molar-refractivity contribution >= 4 is 28.8 Å². The summed E-state index contributed by atoms with van der Waals surface area (Å²) in [6, 6.07) is 17.2. The minimum atomic E-state index is -0.277. The van der Waals surface area contributed by atoms with Crippen molar-refractivity contribution in [3.05, 3.63) is 76.2 Å². The Morgan fingerprint density at radius 1 is 1.10 bits per heavy atom. The highest BCUT2D eigenvalue weighted by Gasteiger charge is 2.21. The summed E-state index contributed by atoms with van der Waals surface area (Å²) in [5, 5.41) is 5.46. The number of thiazole rings is 1. The quantitative estimate of drug-likeness (QED) is 0.559. The number of anilines is 1. The zero-order chi connectivity index (χ0) is 21.3. The first kappa shape index (κ1) is 21.5. The van der Waals surface area contributed by atoms with Crippen molar-refractivity contribution in [2.24, 2.45) is 0 Å². The second kappa shape index (κ2) is 10.5. The van der Waals surface area contributed by atoms with E-state index in [9.17, 15) is 9.59 Å². The maximum absolute atomic E-state index is 13.0. The van der Waals surface area contributed by atoms with Gasteiger partial charge < -0.3 is 15.0 Å². The van der Waals surface area contributed by atoms with Crippen molar-refractivity contribution in [1.82, 2.24) is 9.88 Å². The highest BCUT2D eigenvalue weighted by atomic mass is 32.1. The Labute approximate surface area is 180 Å². The molecule has 0 bridgehead atoms. The van der Waals surface area contributed by atoms with E-state index in [0.29, 0.717) is 30.1 Å². The summed E-state index contributed by atoms with van der Waals surface area (Å²) < 4.78 is 5.26. The van der Waals surface area contributed by atoms with Gasteiger partial charge in [-0.1, -0.05) is 49.4 Å². The van der Waals surface area contributed by atoms with Gasteiger partial charge in [0.1, 0.15) is 18.0 Å². The van der Waals surface area contributed by atoms with Gasteiger partial charge >= 0.3 is 0 Å². The zero-order valence-corrected chi connectivity index (χ0v) is 17.9. The van der Waals surface area contributed by atoms with Crippen molar-refractivity contribution < 1.29 is 14.3 Å². The Hall–Kier alpha value is -3.19. The summed E-state index contributed by atoms with van der Waals surface area (Å²) in [6.07, 6.45) is 1.43. The standard InChI is InChI=1S/C23H25N3O3S/c1-3-13-26(15-21(27)24-18-11-7-8-12-20(18)29-2)23(28)19-16-30-22(25-19)14-17-9-5-4-6-10-17/h4-12,16H,3,13-15H2,1-2H3,(H,24,27). The number of ether oxygens (including phenoxy) is 1. The van der Waals surface area contributed by atoms with E-state index < -0.39 is 0 Å². The van der Waals surface area contributed by atoms with Crippen LogP contribution in [0.4, 0.5) is 5.69 Å². The molecule has 2 aromatic carbocycles. The normalized spacial score (nSPS) is 10.5. The van der Waals surface area contributed by atoms with Crippen molar-refractivity contribution in [2.75, 3.05) is 25.5 Å². The number of para-hydroxylation sites is 2. The van der Waals surface area contributed by atoms with Crippen LogP contribution in [0.25, 0.3) is 0 Å². The van der Waals surface area contributed by atoms with Gasteiger partial charge in [0.15, 0.2) is 0 Å². The molecule has 1 heterocycles. The second-order valence-electron chi connectivity index (χ2n) is 6.76. The van der Waals surface area contributed by atoms with E-state index in [0.717, 1.165) is 17.0 Å². The molecule has 156 valence electrons. The molecule has 0 saturated carbocycles. The predicted molar refractivity (Wildman–Crippen MR) is 119 cm³/mol. The molecular weight excluding hydrogens is 398 g/mol. The minimum absolute atomic E-state index is 0.0454. The lowest BCUT2D eigenvalue weighted by Gasteiger charge is -2.21. The van der Waals surface area contributed by atoms with Gasteiger partial charge in [0, 0.05) is 18.3 Å². The van der Waals surface area contributed by atoms with Crippen LogP contribution in [0.15, 0.2) is 60.0 Å². The van der Waals surface area contributed by atoms with Crippen LogP contribution in [0, 0.1) is 0 Å². The lowest BCUT2D eigenvalue weighted by molar-refractivity contribution is -0.116. The highest BCUT2D eigenvalue weighted by molar-refractivity contribution is 7.09. The van der Waals surface area contributed by atoms with Crippen LogP contribution in [-0.4, -0.2) is 41.9 Å². The molecule has 0 fully saturated rings. The zero-order valence-electron chi connectivity index (χ0n) is 17.1. The first-order valence-corrected chi connectivity index (χ1v) is 10.7. The maximum Gasteiger partial charge on any atom is 0.273 e. The molecule has 0 radical (unpaired) electrons. The summed E-state index contributed by atoms with van der Waals surface area (Å²) in [5.41, 5.74) is 2.10. The van der Waals surface area contributed by atoms with E-state index in [1.807, 2.05) is 49.4 Å². The van der Waals surface area contributed by atoms with Crippen LogP contribution < -0.4 is 10.1 Å². The highest BCUT2D eigenvalue weighted by Crippen LogP contribution is 2.23. The average Bonchev–Trinajstić information content (AvgIpc) is 3.22. The monoisotopic (exact) mass is 423 g/mol. The second-order valence-corrected chi connectivity index (χ2v) is 7.71. The predicted octanol–water partition coefficient (Wildman–Crippen LogP) is 4.23. The summed E-state index contributed by atoms with van der Waals surface area (Å²) in [5.74, 6) is 0.0629. The number of carbonyl (C=O) groups excluding carboxylic acids is 2. The third-order valence-electron chi connectivity index (χ3n) is 4.47. The Kier molecular flexibility index (Phi) is 7.57. The molecule has 0 spiro atoms. The van der Waals surface area contributed by atoms with E-state index in [4.69, 9.17) is 4.74 Å². The van der Waals surface area contributed by atoms with Crippen molar-refractivity contribution in [3.8, 4) is 5.75 Å². The largest absolute Gasteiger partial charge is 0.495 e. The molecule has 0 aliphatic carbocycles. The molecule has 3 aromatic rings. The van der Waals surface area contributed by atoms with E-state index in [2.05, 4.69) is 10.3 Å². The van der Waals surface area contributed by atoms with Crippen LogP contribution >= 0.6 is 11.3 Å². The molecule has 0 aliphatic rings. The lowest BCUT2D eigenvalue weighted by atomic mass is 10.2. The Balaban J connectivity index is 1.66. The van der Waals surface area contributed by atoms with Gasteiger partial charge in [0.25, 0.3) is 5.91 Å². The summed E-state index contributed by atoms with van der Waals surface area (Å²) >= 11 is 1.46. The number of methoxy groups -OCH3 is 1. The Morgan fingerprint density at radius 2 is 1.83 bits per heavy atom. The van der Waals surface area contributed by atoms with Crippen LogP contribution in [0.2, 0.25) is 0 Å². The average molecular weight is 424 g/mol. The summed E-state index contributed by atoms with van der Waals surface area (Å²) in [7, 11) is 1.55. The third kappa shape index (κ3) is 5.67. The molecular formula is C23H25N3O3S. The minimum Gasteiger partial charge on any atom is -0.495 e. The van der Waals surface area contributed by atoms with E-state index in [1.54, 1.807) is 24.6 Å². The van der Waals surface area contributed by atoms with Crippen LogP contribution in [0.3, 0.4) is 0 Å². The Morgan fingerprint density at radius 3 is 2.57 bits per heavy atom. The Bertz CT molecular complexity index is 988. The van der Waals surface area contributed by atoms with Crippen LogP contribution in [0.5, 0.6) is 5.75 Å². The maximum atomic E-state index is 13.0. The van der Waals surface area contributed by atoms with E-state index in [-0.39, 0.29) is 18.4 Å².